The summed E-state index contributed by atoms with van der Waals surface area (Å²) in [5, 5.41) is 2.63. The Morgan fingerprint density at radius 2 is 0.914 bits per heavy atom. The second kappa shape index (κ2) is 17.7. The minimum atomic E-state index is -0.467. The van der Waals surface area contributed by atoms with Crippen molar-refractivity contribution in [2.24, 2.45) is 0 Å². The Labute approximate surface area is 413 Å². The normalized spacial score (nSPS) is 13.4. The number of para-hydroxylation sites is 1. The van der Waals surface area contributed by atoms with Crippen LogP contribution in [0.1, 0.15) is 67.0 Å². The molecule has 0 saturated carbocycles. The molecule has 0 aliphatic heterocycles. The number of benzene rings is 10. The Morgan fingerprint density at radius 3 is 1.59 bits per heavy atom. The van der Waals surface area contributed by atoms with Crippen LogP contribution in [0.2, 0.25) is 0 Å². The molecule has 0 amide bonds. The highest BCUT2D eigenvalue weighted by Gasteiger charge is 2.46. The van der Waals surface area contributed by atoms with E-state index in [0.717, 1.165) is 29.9 Å². The molecular weight excluding hydrogens is 843 g/mol. The van der Waals surface area contributed by atoms with Gasteiger partial charge in [0.05, 0.1) is 16.8 Å². The van der Waals surface area contributed by atoms with Gasteiger partial charge in [0.2, 0.25) is 0 Å². The highest BCUT2D eigenvalue weighted by atomic mass is 15.1. The monoisotopic (exact) mass is 897 g/mol. The van der Waals surface area contributed by atoms with Gasteiger partial charge in [0.1, 0.15) is 0 Å². The van der Waals surface area contributed by atoms with Crippen molar-refractivity contribution in [2.45, 2.75) is 44.4 Å². The number of hydrogen-bond donors (Lipinski definition) is 0. The topological polar surface area (TPSA) is 3.24 Å². The maximum Gasteiger partial charge on any atom is 0.0713 e. The van der Waals surface area contributed by atoms with Crippen LogP contribution < -0.4 is 15.3 Å². The van der Waals surface area contributed by atoms with Crippen molar-refractivity contribution in [3.05, 3.63) is 293 Å². The third kappa shape index (κ3) is 7.24. The standard InChI is InChI=1S/C69H55N/c1-68(2,3)54-43-46-65(61(47-54)49-25-10-5-11-26-49)70(64-40-19-17-33-58(64)59-37-21-28-51-27-20-35-56(66(51)59)48-23-8-4-9-24-48)55-44-41-50(42-45-55)57-36-22-39-63-67(57)60-34-16-18-38-62(60)69(63,52-29-12-6-13-30-52)53-31-14-7-15-32-53/h4-20,22-36,38-47H,21,37H2,1-3H3. The molecule has 10 aromatic carbocycles. The van der Waals surface area contributed by atoms with E-state index in [2.05, 4.69) is 280 Å². The number of rotatable bonds is 9. The number of nitrogens with zero attached hydrogens (tertiary/aromatic N) is 1. The van der Waals surface area contributed by atoms with Crippen LogP contribution in [0, 0.1) is 0 Å². The molecule has 0 aromatic heterocycles. The van der Waals surface area contributed by atoms with Crippen molar-refractivity contribution < 1.29 is 0 Å². The van der Waals surface area contributed by atoms with E-state index in [1.165, 1.54) is 93.9 Å². The molecule has 0 bridgehead atoms. The van der Waals surface area contributed by atoms with Crippen molar-refractivity contribution >= 4 is 28.7 Å². The molecule has 70 heavy (non-hydrogen) atoms. The molecule has 0 saturated heterocycles. The Bertz CT molecular complexity index is 3620. The summed E-state index contributed by atoms with van der Waals surface area (Å²) in [4.78, 5) is 2.53. The van der Waals surface area contributed by atoms with E-state index in [1.54, 1.807) is 0 Å². The lowest BCUT2D eigenvalue weighted by Crippen LogP contribution is -2.32. The van der Waals surface area contributed by atoms with Gasteiger partial charge in [-0.2, -0.15) is 0 Å². The first-order valence-electron chi connectivity index (χ1n) is 24.8. The van der Waals surface area contributed by atoms with Crippen LogP contribution in [-0.4, -0.2) is 0 Å². The summed E-state index contributed by atoms with van der Waals surface area (Å²) < 4.78 is 0. The SMILES string of the molecule is CC(C)(C)c1ccc(N(c2ccc(-c3cccc4c3-c3ccccc3C4(c3ccccc3)c3ccccc3)cc2)c2ccccc2C2=c3c(-c4ccccc4)cccc3=CCC2)c(-c2ccccc2)c1. The largest absolute Gasteiger partial charge is 0.309 e. The molecule has 0 unspecified atom stereocenters. The first-order chi connectivity index (χ1) is 34.4. The van der Waals surface area contributed by atoms with Crippen molar-refractivity contribution in [2.75, 3.05) is 4.90 Å². The Morgan fingerprint density at radius 1 is 0.400 bits per heavy atom. The van der Waals surface area contributed by atoms with Gasteiger partial charge in [-0.15, -0.1) is 0 Å². The van der Waals surface area contributed by atoms with Gasteiger partial charge in [0.15, 0.2) is 0 Å². The average molecular weight is 898 g/mol. The van der Waals surface area contributed by atoms with Gasteiger partial charge in [0, 0.05) is 16.8 Å². The summed E-state index contributed by atoms with van der Waals surface area (Å²) in [5.41, 5.74) is 21.9. The van der Waals surface area contributed by atoms with E-state index < -0.39 is 5.41 Å². The lowest BCUT2D eigenvalue weighted by atomic mass is 9.67. The fourth-order valence-electron chi connectivity index (χ4n) is 11.6. The van der Waals surface area contributed by atoms with Crippen molar-refractivity contribution in [3.8, 4) is 44.5 Å². The molecule has 0 N–H and O–H groups in total. The van der Waals surface area contributed by atoms with Crippen LogP contribution in [0.15, 0.2) is 249 Å². The third-order valence-electron chi connectivity index (χ3n) is 14.8. The lowest BCUT2D eigenvalue weighted by molar-refractivity contribution is 0.590. The Hall–Kier alpha value is -8.26. The van der Waals surface area contributed by atoms with Gasteiger partial charge >= 0.3 is 0 Å². The first kappa shape index (κ1) is 43.0. The van der Waals surface area contributed by atoms with Crippen LogP contribution in [0.4, 0.5) is 17.1 Å². The molecule has 10 aromatic rings. The van der Waals surface area contributed by atoms with Gasteiger partial charge in [-0.1, -0.05) is 245 Å². The van der Waals surface area contributed by atoms with E-state index in [-0.39, 0.29) is 5.41 Å². The second-order valence-electron chi connectivity index (χ2n) is 19.9. The average Bonchev–Trinajstić information content (AvgIpc) is 3.73. The first-order valence-corrected chi connectivity index (χ1v) is 24.8. The molecule has 1 heteroatoms. The highest BCUT2D eigenvalue weighted by Crippen LogP contribution is 2.58. The molecule has 2 aliphatic rings. The summed E-state index contributed by atoms with van der Waals surface area (Å²) in [7, 11) is 0. The molecule has 1 nitrogen and oxygen atoms in total. The highest BCUT2D eigenvalue weighted by molar-refractivity contribution is 5.97. The van der Waals surface area contributed by atoms with Crippen molar-refractivity contribution in [1.29, 1.82) is 0 Å². The lowest BCUT2D eigenvalue weighted by Gasteiger charge is -2.34. The maximum atomic E-state index is 2.53. The number of fused-ring (bicyclic) bond motifs is 4. The Kier molecular flexibility index (Phi) is 10.9. The molecular formula is C69H55N. The summed E-state index contributed by atoms with van der Waals surface area (Å²) >= 11 is 0. The van der Waals surface area contributed by atoms with E-state index in [4.69, 9.17) is 0 Å². The summed E-state index contributed by atoms with van der Waals surface area (Å²) in [5.74, 6) is 0. The molecule has 12 rings (SSSR count). The summed E-state index contributed by atoms with van der Waals surface area (Å²) in [6, 6.07) is 92.5. The Balaban J connectivity index is 1.09. The zero-order valence-corrected chi connectivity index (χ0v) is 40.1. The summed E-state index contributed by atoms with van der Waals surface area (Å²) in [6.07, 6.45) is 4.36. The molecule has 336 valence electrons. The minimum Gasteiger partial charge on any atom is -0.309 e. The predicted molar refractivity (Wildman–Crippen MR) is 295 cm³/mol. The second-order valence-corrected chi connectivity index (χ2v) is 19.9. The van der Waals surface area contributed by atoms with Gasteiger partial charge in [-0.25, -0.2) is 0 Å². The summed E-state index contributed by atoms with van der Waals surface area (Å²) in [6.45, 7) is 6.93. The number of hydrogen-bond acceptors (Lipinski definition) is 1. The molecule has 0 fully saturated rings. The molecule has 2 aliphatic carbocycles. The van der Waals surface area contributed by atoms with E-state index in [9.17, 15) is 0 Å². The van der Waals surface area contributed by atoms with Gasteiger partial charge in [-0.3, -0.25) is 0 Å². The van der Waals surface area contributed by atoms with Crippen LogP contribution in [-0.2, 0) is 10.8 Å². The van der Waals surface area contributed by atoms with E-state index >= 15 is 0 Å². The molecule has 0 heterocycles. The van der Waals surface area contributed by atoms with Crippen LogP contribution in [0.5, 0.6) is 0 Å². The quantitative estimate of drug-likeness (QED) is 0.140. The molecule has 0 spiro atoms. The minimum absolute atomic E-state index is 0.0361. The smallest absolute Gasteiger partial charge is 0.0713 e. The maximum absolute atomic E-state index is 2.53. The van der Waals surface area contributed by atoms with E-state index in [0.29, 0.717) is 0 Å². The zero-order chi connectivity index (χ0) is 47.2. The molecule has 0 radical (unpaired) electrons. The number of anilines is 3. The fraction of sp³-hybridized carbons (Fsp3) is 0.101. The fourth-order valence-corrected chi connectivity index (χ4v) is 11.6. The predicted octanol–water partition coefficient (Wildman–Crippen LogP) is 16.6. The van der Waals surface area contributed by atoms with Crippen LogP contribution in [0.3, 0.4) is 0 Å². The van der Waals surface area contributed by atoms with Crippen molar-refractivity contribution in [1.82, 2.24) is 0 Å². The molecule has 0 atom stereocenters. The van der Waals surface area contributed by atoms with E-state index in [1.807, 2.05) is 0 Å². The van der Waals surface area contributed by atoms with Crippen LogP contribution in [0.25, 0.3) is 56.2 Å². The zero-order valence-electron chi connectivity index (χ0n) is 40.1. The van der Waals surface area contributed by atoms with Gasteiger partial charge in [0.25, 0.3) is 0 Å². The van der Waals surface area contributed by atoms with Crippen molar-refractivity contribution in [3.63, 3.8) is 0 Å². The van der Waals surface area contributed by atoms with Crippen LogP contribution >= 0.6 is 0 Å². The van der Waals surface area contributed by atoms with Gasteiger partial charge < -0.3 is 4.90 Å². The third-order valence-corrected chi connectivity index (χ3v) is 14.8. The van der Waals surface area contributed by atoms with Gasteiger partial charge in [-0.05, 0) is 131 Å².